The minimum atomic E-state index is 0.209. The second-order valence-corrected chi connectivity index (χ2v) is 7.52. The second kappa shape index (κ2) is 5.34. The predicted octanol–water partition coefficient (Wildman–Crippen LogP) is 3.10. The van der Waals surface area contributed by atoms with E-state index in [-0.39, 0.29) is 5.54 Å². The van der Waals surface area contributed by atoms with Gasteiger partial charge in [0.1, 0.15) is 0 Å². The first-order valence-electron chi connectivity index (χ1n) is 7.94. The molecule has 2 aliphatic rings. The fraction of sp³-hybridized carbons (Fsp3) is 0.938. The molecule has 1 aliphatic heterocycles. The van der Waals surface area contributed by atoms with E-state index in [1.165, 1.54) is 19.3 Å². The number of aliphatic imine (C=N–C) groups is 1. The van der Waals surface area contributed by atoms with Crippen molar-refractivity contribution in [2.75, 3.05) is 13.1 Å². The third-order valence-corrected chi connectivity index (χ3v) is 5.04. The van der Waals surface area contributed by atoms with Crippen LogP contribution in [0.25, 0.3) is 0 Å². The predicted molar refractivity (Wildman–Crippen MR) is 82.1 cm³/mol. The van der Waals surface area contributed by atoms with E-state index in [1.807, 2.05) is 0 Å². The number of guanidine groups is 1. The number of hydrogen-bond acceptors (Lipinski definition) is 3. The van der Waals surface area contributed by atoms with Crippen molar-refractivity contribution in [2.45, 2.75) is 59.4 Å². The first-order valence-corrected chi connectivity index (χ1v) is 7.94. The lowest BCUT2D eigenvalue weighted by Gasteiger charge is -2.51. The zero-order chi connectivity index (χ0) is 14.2. The van der Waals surface area contributed by atoms with Crippen molar-refractivity contribution < 1.29 is 0 Å². The zero-order valence-corrected chi connectivity index (χ0v) is 13.3. The van der Waals surface area contributed by atoms with Crippen LogP contribution in [0.15, 0.2) is 4.99 Å². The molecule has 110 valence electrons. The standard InChI is InChI=1S/C16H31N3/c1-11(2)9-19-15(17)18-10-16(19)8-13(5)6-7-14(16)12(3)4/h11-14H,6-10H2,1-5H3,(H2,17,18). The molecule has 2 rings (SSSR count). The summed E-state index contributed by atoms with van der Waals surface area (Å²) in [4.78, 5) is 7.09. The van der Waals surface area contributed by atoms with Crippen molar-refractivity contribution in [3.8, 4) is 0 Å². The summed E-state index contributed by atoms with van der Waals surface area (Å²) < 4.78 is 0. The van der Waals surface area contributed by atoms with Crippen LogP contribution < -0.4 is 5.73 Å². The van der Waals surface area contributed by atoms with E-state index in [4.69, 9.17) is 5.73 Å². The molecule has 1 aliphatic carbocycles. The SMILES string of the molecule is CC(C)CN1C(N)=NCC12CC(C)CCC2C(C)C. The van der Waals surface area contributed by atoms with Crippen molar-refractivity contribution >= 4 is 5.96 Å². The topological polar surface area (TPSA) is 41.6 Å². The van der Waals surface area contributed by atoms with E-state index < -0.39 is 0 Å². The average molecular weight is 265 g/mol. The van der Waals surface area contributed by atoms with Crippen LogP contribution in [0.5, 0.6) is 0 Å². The molecule has 19 heavy (non-hydrogen) atoms. The van der Waals surface area contributed by atoms with Crippen molar-refractivity contribution in [3.05, 3.63) is 0 Å². The Morgan fingerprint density at radius 2 is 2.00 bits per heavy atom. The smallest absolute Gasteiger partial charge is 0.191 e. The highest BCUT2D eigenvalue weighted by Crippen LogP contribution is 2.46. The first-order chi connectivity index (χ1) is 8.86. The molecule has 3 heteroatoms. The van der Waals surface area contributed by atoms with E-state index >= 15 is 0 Å². The van der Waals surface area contributed by atoms with Crippen LogP contribution >= 0.6 is 0 Å². The van der Waals surface area contributed by atoms with Crippen molar-refractivity contribution in [3.63, 3.8) is 0 Å². The number of nitrogens with zero attached hydrogens (tertiary/aromatic N) is 2. The van der Waals surface area contributed by atoms with Crippen LogP contribution in [0.2, 0.25) is 0 Å². The van der Waals surface area contributed by atoms with Crippen LogP contribution in [0.3, 0.4) is 0 Å². The van der Waals surface area contributed by atoms with E-state index in [0.717, 1.165) is 30.9 Å². The molecule has 3 unspecified atom stereocenters. The third-order valence-electron chi connectivity index (χ3n) is 5.04. The van der Waals surface area contributed by atoms with Crippen LogP contribution in [-0.4, -0.2) is 29.5 Å². The maximum atomic E-state index is 6.22. The molecule has 0 radical (unpaired) electrons. The molecule has 0 aromatic carbocycles. The Balaban J connectivity index is 2.30. The van der Waals surface area contributed by atoms with Gasteiger partial charge >= 0.3 is 0 Å². The van der Waals surface area contributed by atoms with Gasteiger partial charge in [-0.2, -0.15) is 0 Å². The largest absolute Gasteiger partial charge is 0.370 e. The van der Waals surface area contributed by atoms with E-state index in [1.54, 1.807) is 0 Å². The van der Waals surface area contributed by atoms with Gasteiger partial charge in [-0.25, -0.2) is 0 Å². The monoisotopic (exact) mass is 265 g/mol. The summed E-state index contributed by atoms with van der Waals surface area (Å²) in [7, 11) is 0. The summed E-state index contributed by atoms with van der Waals surface area (Å²) in [5.41, 5.74) is 6.43. The van der Waals surface area contributed by atoms with Gasteiger partial charge in [0.05, 0.1) is 12.1 Å². The minimum absolute atomic E-state index is 0.209. The van der Waals surface area contributed by atoms with Gasteiger partial charge in [0, 0.05) is 6.54 Å². The Kier molecular flexibility index (Phi) is 4.12. The lowest BCUT2D eigenvalue weighted by Crippen LogP contribution is -2.60. The van der Waals surface area contributed by atoms with Crippen molar-refractivity contribution in [1.82, 2.24) is 4.90 Å². The van der Waals surface area contributed by atoms with Gasteiger partial charge in [0.2, 0.25) is 0 Å². The molecule has 0 saturated heterocycles. The molecule has 1 saturated carbocycles. The number of hydrogen-bond donors (Lipinski definition) is 1. The lowest BCUT2D eigenvalue weighted by molar-refractivity contribution is 0.0186. The molecule has 1 spiro atoms. The van der Waals surface area contributed by atoms with Gasteiger partial charge in [0.25, 0.3) is 0 Å². The highest BCUT2D eigenvalue weighted by molar-refractivity contribution is 5.81. The second-order valence-electron chi connectivity index (χ2n) is 7.52. The molecule has 0 amide bonds. The zero-order valence-electron chi connectivity index (χ0n) is 13.3. The molecule has 0 bridgehead atoms. The molecule has 2 N–H and O–H groups in total. The van der Waals surface area contributed by atoms with E-state index in [9.17, 15) is 0 Å². The normalized spacial score (nSPS) is 35.5. The van der Waals surface area contributed by atoms with Gasteiger partial charge in [0.15, 0.2) is 5.96 Å². The van der Waals surface area contributed by atoms with Gasteiger partial charge in [-0.3, -0.25) is 4.99 Å². The summed E-state index contributed by atoms with van der Waals surface area (Å²) in [6, 6.07) is 0. The van der Waals surface area contributed by atoms with Gasteiger partial charge in [-0.1, -0.05) is 41.0 Å². The Bertz CT molecular complexity index is 348. The van der Waals surface area contributed by atoms with Crippen LogP contribution in [0.4, 0.5) is 0 Å². The third kappa shape index (κ3) is 2.61. The Labute approximate surface area is 118 Å². The molecular weight excluding hydrogens is 234 g/mol. The molecule has 3 nitrogen and oxygen atoms in total. The van der Waals surface area contributed by atoms with Crippen LogP contribution in [0.1, 0.15) is 53.9 Å². The molecular formula is C16H31N3. The summed E-state index contributed by atoms with van der Waals surface area (Å²) >= 11 is 0. The maximum Gasteiger partial charge on any atom is 0.191 e. The summed E-state index contributed by atoms with van der Waals surface area (Å²) in [5.74, 6) is 3.66. The van der Waals surface area contributed by atoms with Crippen molar-refractivity contribution in [2.24, 2.45) is 34.4 Å². The quantitative estimate of drug-likeness (QED) is 0.852. The molecule has 0 aromatic rings. The maximum absolute atomic E-state index is 6.22. The molecule has 3 atom stereocenters. The highest BCUT2D eigenvalue weighted by atomic mass is 15.4. The van der Waals surface area contributed by atoms with E-state index in [2.05, 4.69) is 44.5 Å². The Hall–Kier alpha value is -0.730. The Morgan fingerprint density at radius 3 is 2.58 bits per heavy atom. The average Bonchev–Trinajstić information content (AvgIpc) is 2.58. The van der Waals surface area contributed by atoms with E-state index in [0.29, 0.717) is 11.8 Å². The summed E-state index contributed by atoms with van der Waals surface area (Å²) in [6.45, 7) is 13.6. The van der Waals surface area contributed by atoms with Gasteiger partial charge in [-0.15, -0.1) is 0 Å². The van der Waals surface area contributed by atoms with Crippen molar-refractivity contribution in [1.29, 1.82) is 0 Å². The highest BCUT2D eigenvalue weighted by Gasteiger charge is 2.51. The molecule has 0 aromatic heterocycles. The summed E-state index contributed by atoms with van der Waals surface area (Å²) in [6.07, 6.45) is 3.95. The fourth-order valence-corrected chi connectivity index (χ4v) is 4.29. The van der Waals surface area contributed by atoms with Gasteiger partial charge < -0.3 is 10.6 Å². The minimum Gasteiger partial charge on any atom is -0.370 e. The van der Waals surface area contributed by atoms with Crippen LogP contribution in [0, 0.1) is 23.7 Å². The molecule has 1 fully saturated rings. The van der Waals surface area contributed by atoms with Gasteiger partial charge in [-0.05, 0) is 36.5 Å². The number of rotatable bonds is 3. The van der Waals surface area contributed by atoms with Crippen LogP contribution in [-0.2, 0) is 0 Å². The first kappa shape index (κ1) is 14.7. The summed E-state index contributed by atoms with van der Waals surface area (Å²) in [5, 5.41) is 0. The lowest BCUT2D eigenvalue weighted by atomic mass is 9.64. The Morgan fingerprint density at radius 1 is 1.32 bits per heavy atom. The fourth-order valence-electron chi connectivity index (χ4n) is 4.29. The number of nitrogens with two attached hydrogens (primary N) is 1. The molecule has 1 heterocycles.